The zero-order valence-corrected chi connectivity index (χ0v) is 15.0. The van der Waals surface area contributed by atoms with Crippen LogP contribution in [0, 0.1) is 6.92 Å². The van der Waals surface area contributed by atoms with Gasteiger partial charge in [-0.1, -0.05) is 48.9 Å². The highest BCUT2D eigenvalue weighted by atomic mass is 16.5. The standard InChI is InChI=1S/C21H27NO2/c1-5-6-20(23)22-16(3)21(17-9-7-15(2)8-10-17)18-11-13-19(24-4)14-12-18/h7-14,16,21H,5-6H2,1-4H3,(H,22,23)/t16-,21-/m1/s1. The summed E-state index contributed by atoms with van der Waals surface area (Å²) in [6.07, 6.45) is 1.42. The highest BCUT2D eigenvalue weighted by Crippen LogP contribution is 2.30. The zero-order chi connectivity index (χ0) is 17.5. The number of carbonyl (C=O) groups is 1. The molecule has 2 aromatic rings. The Morgan fingerprint density at radius 3 is 2.08 bits per heavy atom. The third-order valence-corrected chi connectivity index (χ3v) is 4.28. The van der Waals surface area contributed by atoms with Crippen LogP contribution >= 0.6 is 0 Å². The van der Waals surface area contributed by atoms with E-state index in [2.05, 4.69) is 55.6 Å². The van der Waals surface area contributed by atoms with Gasteiger partial charge in [0.2, 0.25) is 5.91 Å². The van der Waals surface area contributed by atoms with Crippen molar-refractivity contribution in [2.45, 2.75) is 45.6 Å². The van der Waals surface area contributed by atoms with E-state index in [1.807, 2.05) is 19.1 Å². The summed E-state index contributed by atoms with van der Waals surface area (Å²) in [6.45, 7) is 6.17. The van der Waals surface area contributed by atoms with Crippen LogP contribution in [0.5, 0.6) is 5.75 Å². The van der Waals surface area contributed by atoms with Gasteiger partial charge in [0.15, 0.2) is 0 Å². The summed E-state index contributed by atoms with van der Waals surface area (Å²) in [4.78, 5) is 12.0. The molecule has 2 rings (SSSR count). The van der Waals surface area contributed by atoms with E-state index in [1.54, 1.807) is 7.11 Å². The Bertz CT molecular complexity index is 647. The fourth-order valence-corrected chi connectivity index (χ4v) is 2.99. The van der Waals surface area contributed by atoms with Crippen molar-refractivity contribution < 1.29 is 9.53 Å². The molecule has 0 radical (unpaired) electrons. The van der Waals surface area contributed by atoms with E-state index in [-0.39, 0.29) is 17.9 Å². The lowest BCUT2D eigenvalue weighted by Crippen LogP contribution is -2.37. The van der Waals surface area contributed by atoms with Gasteiger partial charge in [-0.05, 0) is 43.5 Å². The number of aryl methyl sites for hydroxylation is 1. The van der Waals surface area contributed by atoms with Crippen molar-refractivity contribution in [1.82, 2.24) is 5.32 Å². The predicted octanol–water partition coefficient (Wildman–Crippen LogP) is 4.44. The summed E-state index contributed by atoms with van der Waals surface area (Å²) in [7, 11) is 1.67. The van der Waals surface area contributed by atoms with Crippen molar-refractivity contribution in [3.05, 3.63) is 65.2 Å². The summed E-state index contributed by atoms with van der Waals surface area (Å²) in [6, 6.07) is 16.6. The average molecular weight is 325 g/mol. The Morgan fingerprint density at radius 2 is 1.58 bits per heavy atom. The van der Waals surface area contributed by atoms with E-state index in [1.165, 1.54) is 16.7 Å². The maximum absolute atomic E-state index is 12.0. The topological polar surface area (TPSA) is 38.3 Å². The molecule has 0 aromatic heterocycles. The van der Waals surface area contributed by atoms with E-state index >= 15 is 0 Å². The molecule has 128 valence electrons. The minimum absolute atomic E-state index is 0.0140. The summed E-state index contributed by atoms with van der Waals surface area (Å²) in [5, 5.41) is 3.15. The molecular formula is C21H27NO2. The number of benzene rings is 2. The van der Waals surface area contributed by atoms with Gasteiger partial charge in [0.1, 0.15) is 5.75 Å². The zero-order valence-electron chi connectivity index (χ0n) is 15.0. The van der Waals surface area contributed by atoms with Gasteiger partial charge in [-0.2, -0.15) is 0 Å². The molecule has 0 bridgehead atoms. The molecule has 1 N–H and O–H groups in total. The van der Waals surface area contributed by atoms with Crippen LogP contribution in [0.4, 0.5) is 0 Å². The molecule has 0 fully saturated rings. The second kappa shape index (κ2) is 8.53. The van der Waals surface area contributed by atoms with E-state index in [9.17, 15) is 4.79 Å². The molecule has 24 heavy (non-hydrogen) atoms. The number of methoxy groups -OCH3 is 1. The van der Waals surface area contributed by atoms with Crippen LogP contribution in [-0.2, 0) is 4.79 Å². The monoisotopic (exact) mass is 325 g/mol. The lowest BCUT2D eigenvalue weighted by molar-refractivity contribution is -0.121. The molecule has 2 aromatic carbocycles. The molecule has 0 aliphatic rings. The molecule has 3 nitrogen and oxygen atoms in total. The summed E-state index contributed by atoms with van der Waals surface area (Å²) in [5.74, 6) is 1.05. The Morgan fingerprint density at radius 1 is 1.04 bits per heavy atom. The molecule has 0 aliphatic heterocycles. The van der Waals surface area contributed by atoms with E-state index in [0.717, 1.165) is 12.2 Å². The van der Waals surface area contributed by atoms with Gasteiger partial charge in [0.05, 0.1) is 7.11 Å². The minimum Gasteiger partial charge on any atom is -0.497 e. The first-order chi connectivity index (χ1) is 11.5. The van der Waals surface area contributed by atoms with E-state index < -0.39 is 0 Å². The van der Waals surface area contributed by atoms with Crippen molar-refractivity contribution in [2.75, 3.05) is 7.11 Å². The largest absolute Gasteiger partial charge is 0.497 e. The number of rotatable bonds is 7. The SMILES string of the molecule is CCCC(=O)N[C@H](C)[C@H](c1ccc(C)cc1)c1ccc(OC)cc1. The highest BCUT2D eigenvalue weighted by molar-refractivity contribution is 5.76. The third kappa shape index (κ3) is 4.60. The number of ether oxygens (including phenoxy) is 1. The molecule has 0 spiro atoms. The average Bonchev–Trinajstić information content (AvgIpc) is 2.57. The third-order valence-electron chi connectivity index (χ3n) is 4.28. The maximum Gasteiger partial charge on any atom is 0.220 e. The quantitative estimate of drug-likeness (QED) is 0.817. The van der Waals surface area contributed by atoms with Gasteiger partial charge < -0.3 is 10.1 Å². The van der Waals surface area contributed by atoms with Gasteiger partial charge in [0, 0.05) is 18.4 Å². The molecular weight excluding hydrogens is 298 g/mol. The van der Waals surface area contributed by atoms with Gasteiger partial charge in [-0.25, -0.2) is 0 Å². The Labute approximate surface area is 145 Å². The molecule has 0 unspecified atom stereocenters. The number of nitrogens with one attached hydrogen (secondary N) is 1. The molecule has 0 saturated heterocycles. The summed E-state index contributed by atoms with van der Waals surface area (Å²) in [5.41, 5.74) is 3.61. The second-order valence-corrected chi connectivity index (χ2v) is 6.27. The molecule has 0 aliphatic carbocycles. The first-order valence-corrected chi connectivity index (χ1v) is 8.55. The van der Waals surface area contributed by atoms with Gasteiger partial charge in [-0.15, -0.1) is 0 Å². The van der Waals surface area contributed by atoms with Crippen LogP contribution in [-0.4, -0.2) is 19.1 Å². The van der Waals surface area contributed by atoms with Gasteiger partial charge in [0.25, 0.3) is 0 Å². The molecule has 1 amide bonds. The van der Waals surface area contributed by atoms with E-state index in [4.69, 9.17) is 4.74 Å². The Balaban J connectivity index is 2.32. The van der Waals surface area contributed by atoms with Crippen molar-refractivity contribution in [1.29, 1.82) is 0 Å². The van der Waals surface area contributed by atoms with E-state index in [0.29, 0.717) is 6.42 Å². The van der Waals surface area contributed by atoms with Gasteiger partial charge in [-0.3, -0.25) is 4.79 Å². The van der Waals surface area contributed by atoms with Crippen LogP contribution < -0.4 is 10.1 Å². The lowest BCUT2D eigenvalue weighted by Gasteiger charge is -2.26. The van der Waals surface area contributed by atoms with Crippen LogP contribution in [0.1, 0.15) is 49.3 Å². The van der Waals surface area contributed by atoms with Crippen LogP contribution in [0.25, 0.3) is 0 Å². The summed E-state index contributed by atoms with van der Waals surface area (Å²) >= 11 is 0. The fourth-order valence-electron chi connectivity index (χ4n) is 2.99. The first-order valence-electron chi connectivity index (χ1n) is 8.55. The molecule has 0 saturated carbocycles. The van der Waals surface area contributed by atoms with Crippen molar-refractivity contribution in [3.63, 3.8) is 0 Å². The number of hydrogen-bond acceptors (Lipinski definition) is 2. The number of amides is 1. The van der Waals surface area contributed by atoms with Crippen LogP contribution in [0.3, 0.4) is 0 Å². The Hall–Kier alpha value is -2.29. The van der Waals surface area contributed by atoms with Crippen molar-refractivity contribution in [3.8, 4) is 5.75 Å². The predicted molar refractivity (Wildman–Crippen MR) is 98.5 cm³/mol. The van der Waals surface area contributed by atoms with Crippen LogP contribution in [0.2, 0.25) is 0 Å². The van der Waals surface area contributed by atoms with Crippen LogP contribution in [0.15, 0.2) is 48.5 Å². The maximum atomic E-state index is 12.0. The normalized spacial score (nSPS) is 13.2. The van der Waals surface area contributed by atoms with Crippen molar-refractivity contribution >= 4 is 5.91 Å². The number of carbonyl (C=O) groups excluding carboxylic acids is 1. The smallest absolute Gasteiger partial charge is 0.220 e. The summed E-state index contributed by atoms with van der Waals surface area (Å²) < 4.78 is 5.26. The first kappa shape index (κ1) is 18.1. The fraction of sp³-hybridized carbons (Fsp3) is 0.381. The molecule has 2 atom stereocenters. The van der Waals surface area contributed by atoms with Gasteiger partial charge >= 0.3 is 0 Å². The lowest BCUT2D eigenvalue weighted by atomic mass is 9.85. The minimum atomic E-state index is 0.0140. The van der Waals surface area contributed by atoms with Crippen molar-refractivity contribution in [2.24, 2.45) is 0 Å². The molecule has 0 heterocycles. The Kier molecular flexibility index (Phi) is 6.42. The molecule has 3 heteroatoms. The second-order valence-electron chi connectivity index (χ2n) is 6.27. The highest BCUT2D eigenvalue weighted by Gasteiger charge is 2.22. The number of hydrogen-bond donors (Lipinski definition) is 1.